The summed E-state index contributed by atoms with van der Waals surface area (Å²) in [4.78, 5) is 29.8. The second-order valence-electron chi connectivity index (χ2n) is 5.15. The molecule has 0 atom stereocenters. The van der Waals surface area contributed by atoms with Crippen LogP contribution in [0.15, 0.2) is 24.8 Å². The van der Waals surface area contributed by atoms with Crippen LogP contribution in [0.5, 0.6) is 0 Å². The van der Waals surface area contributed by atoms with Gasteiger partial charge in [0.2, 0.25) is 11.9 Å². The van der Waals surface area contributed by atoms with E-state index in [2.05, 4.69) is 37.5 Å². The molecule has 0 bridgehead atoms. The third kappa shape index (κ3) is 4.87. The van der Waals surface area contributed by atoms with Crippen LogP contribution in [0.4, 0.5) is 11.8 Å². The van der Waals surface area contributed by atoms with Crippen LogP contribution in [-0.2, 0) is 4.79 Å². The lowest BCUT2D eigenvalue weighted by Crippen LogP contribution is -2.29. The standard InChI is InChI=1S/C15H21N7O/c1-4-5-16-13-6-12(20-10-21-13)11-7-17-15(18-8-11)19-9-14(23)22(2)3/h6-8,10H,4-5,9H2,1-3H3,(H,16,20,21)(H,17,18,19). The van der Waals surface area contributed by atoms with Crippen LogP contribution in [0, 0.1) is 0 Å². The number of anilines is 2. The van der Waals surface area contributed by atoms with Crippen LogP contribution < -0.4 is 10.6 Å². The molecule has 0 saturated heterocycles. The minimum atomic E-state index is -0.0416. The Hall–Kier alpha value is -2.77. The lowest BCUT2D eigenvalue weighted by molar-refractivity contribution is -0.126. The first-order valence-corrected chi connectivity index (χ1v) is 7.42. The van der Waals surface area contributed by atoms with E-state index in [1.54, 1.807) is 26.5 Å². The van der Waals surface area contributed by atoms with Crippen molar-refractivity contribution in [2.24, 2.45) is 0 Å². The maximum atomic E-state index is 11.5. The zero-order valence-electron chi connectivity index (χ0n) is 13.6. The molecule has 2 N–H and O–H groups in total. The van der Waals surface area contributed by atoms with Gasteiger partial charge in [0, 0.05) is 44.7 Å². The van der Waals surface area contributed by atoms with Gasteiger partial charge in [0.05, 0.1) is 12.2 Å². The Morgan fingerprint density at radius 1 is 1.13 bits per heavy atom. The zero-order chi connectivity index (χ0) is 16.7. The highest BCUT2D eigenvalue weighted by Gasteiger charge is 2.06. The molecule has 0 fully saturated rings. The number of nitrogens with one attached hydrogen (secondary N) is 2. The number of likely N-dealkylation sites (N-methyl/N-ethyl adjacent to an activating group) is 1. The summed E-state index contributed by atoms with van der Waals surface area (Å²) in [5, 5.41) is 6.10. The summed E-state index contributed by atoms with van der Waals surface area (Å²) in [6.45, 7) is 3.11. The molecule has 1 amide bonds. The number of amides is 1. The topological polar surface area (TPSA) is 95.9 Å². The van der Waals surface area contributed by atoms with E-state index < -0.39 is 0 Å². The largest absolute Gasteiger partial charge is 0.370 e. The molecule has 2 rings (SSSR count). The predicted molar refractivity (Wildman–Crippen MR) is 89.0 cm³/mol. The Balaban J connectivity index is 2.03. The van der Waals surface area contributed by atoms with Gasteiger partial charge in [0.25, 0.3) is 0 Å². The van der Waals surface area contributed by atoms with Crippen molar-refractivity contribution in [3.63, 3.8) is 0 Å². The summed E-state index contributed by atoms with van der Waals surface area (Å²) in [6.07, 6.45) is 5.87. The molecule has 2 heterocycles. The highest BCUT2D eigenvalue weighted by molar-refractivity contribution is 5.79. The fraction of sp³-hybridized carbons (Fsp3) is 0.400. The van der Waals surface area contributed by atoms with Gasteiger partial charge in [-0.1, -0.05) is 6.92 Å². The van der Waals surface area contributed by atoms with Crippen LogP contribution in [0.3, 0.4) is 0 Å². The van der Waals surface area contributed by atoms with Gasteiger partial charge in [-0.2, -0.15) is 0 Å². The molecule has 23 heavy (non-hydrogen) atoms. The Morgan fingerprint density at radius 3 is 2.52 bits per heavy atom. The minimum Gasteiger partial charge on any atom is -0.370 e. The summed E-state index contributed by atoms with van der Waals surface area (Å²) in [6, 6.07) is 1.86. The first-order valence-electron chi connectivity index (χ1n) is 7.42. The van der Waals surface area contributed by atoms with Gasteiger partial charge < -0.3 is 15.5 Å². The monoisotopic (exact) mass is 315 g/mol. The summed E-state index contributed by atoms with van der Waals surface area (Å²) >= 11 is 0. The lowest BCUT2D eigenvalue weighted by Gasteiger charge is -2.10. The second-order valence-corrected chi connectivity index (χ2v) is 5.15. The zero-order valence-corrected chi connectivity index (χ0v) is 13.6. The van der Waals surface area contributed by atoms with Gasteiger partial charge in [-0.15, -0.1) is 0 Å². The van der Waals surface area contributed by atoms with Crippen molar-refractivity contribution >= 4 is 17.7 Å². The Bertz CT molecular complexity index is 643. The third-order valence-electron chi connectivity index (χ3n) is 3.07. The molecule has 8 nitrogen and oxygen atoms in total. The van der Waals surface area contributed by atoms with Gasteiger partial charge in [-0.05, 0) is 6.42 Å². The molecule has 0 radical (unpaired) electrons. The average molecular weight is 315 g/mol. The van der Waals surface area contributed by atoms with E-state index in [1.807, 2.05) is 6.07 Å². The smallest absolute Gasteiger partial charge is 0.241 e. The van der Waals surface area contributed by atoms with Gasteiger partial charge in [0.1, 0.15) is 12.1 Å². The van der Waals surface area contributed by atoms with Crippen molar-refractivity contribution in [2.75, 3.05) is 37.8 Å². The molecule has 0 aliphatic heterocycles. The van der Waals surface area contributed by atoms with Crippen LogP contribution >= 0.6 is 0 Å². The molecular formula is C15H21N7O. The van der Waals surface area contributed by atoms with E-state index in [0.29, 0.717) is 5.95 Å². The van der Waals surface area contributed by atoms with Gasteiger partial charge in [-0.3, -0.25) is 4.79 Å². The molecule has 122 valence electrons. The fourth-order valence-corrected chi connectivity index (χ4v) is 1.73. The van der Waals surface area contributed by atoms with Crippen molar-refractivity contribution in [1.29, 1.82) is 0 Å². The molecule has 8 heteroatoms. The van der Waals surface area contributed by atoms with Crippen molar-refractivity contribution < 1.29 is 4.79 Å². The highest BCUT2D eigenvalue weighted by Crippen LogP contribution is 2.17. The highest BCUT2D eigenvalue weighted by atomic mass is 16.2. The summed E-state index contributed by atoms with van der Waals surface area (Å²) < 4.78 is 0. The Morgan fingerprint density at radius 2 is 1.87 bits per heavy atom. The summed E-state index contributed by atoms with van der Waals surface area (Å²) in [5.74, 6) is 1.14. The van der Waals surface area contributed by atoms with Crippen LogP contribution in [0.1, 0.15) is 13.3 Å². The summed E-state index contributed by atoms with van der Waals surface area (Å²) in [7, 11) is 3.40. The average Bonchev–Trinajstić information content (AvgIpc) is 2.58. The van der Waals surface area contributed by atoms with E-state index >= 15 is 0 Å². The number of rotatable bonds is 7. The molecular weight excluding hydrogens is 294 g/mol. The van der Waals surface area contributed by atoms with E-state index in [0.717, 1.165) is 30.0 Å². The normalized spacial score (nSPS) is 10.2. The molecule has 0 aliphatic rings. The number of carbonyl (C=O) groups is 1. The number of nitrogens with zero attached hydrogens (tertiary/aromatic N) is 5. The maximum absolute atomic E-state index is 11.5. The van der Waals surface area contributed by atoms with Crippen LogP contribution in [0.2, 0.25) is 0 Å². The molecule has 2 aromatic rings. The van der Waals surface area contributed by atoms with Gasteiger partial charge >= 0.3 is 0 Å². The number of hydrogen-bond acceptors (Lipinski definition) is 7. The minimum absolute atomic E-state index is 0.0416. The molecule has 0 aromatic carbocycles. The van der Waals surface area contributed by atoms with E-state index in [1.165, 1.54) is 11.2 Å². The van der Waals surface area contributed by atoms with E-state index in [-0.39, 0.29) is 12.5 Å². The molecule has 0 aliphatic carbocycles. The molecule has 0 saturated carbocycles. The third-order valence-corrected chi connectivity index (χ3v) is 3.07. The molecule has 0 unspecified atom stereocenters. The first-order chi connectivity index (χ1) is 11.1. The second kappa shape index (κ2) is 8.02. The van der Waals surface area contributed by atoms with Crippen molar-refractivity contribution in [3.05, 3.63) is 24.8 Å². The fourth-order valence-electron chi connectivity index (χ4n) is 1.73. The number of carbonyl (C=O) groups excluding carboxylic acids is 1. The number of hydrogen-bond donors (Lipinski definition) is 2. The van der Waals surface area contributed by atoms with Crippen LogP contribution in [-0.4, -0.2) is 57.9 Å². The summed E-state index contributed by atoms with van der Waals surface area (Å²) in [5.41, 5.74) is 1.53. The maximum Gasteiger partial charge on any atom is 0.241 e. The van der Waals surface area contributed by atoms with E-state index in [4.69, 9.17) is 0 Å². The molecule has 0 spiro atoms. The van der Waals surface area contributed by atoms with Crippen molar-refractivity contribution in [1.82, 2.24) is 24.8 Å². The predicted octanol–water partition coefficient (Wildman–Crippen LogP) is 1.26. The SMILES string of the molecule is CCCNc1cc(-c2cnc(NCC(=O)N(C)C)nc2)ncn1. The quantitative estimate of drug-likeness (QED) is 0.794. The number of aromatic nitrogens is 4. The Labute approximate surface area is 135 Å². The Kier molecular flexibility index (Phi) is 5.79. The lowest BCUT2D eigenvalue weighted by atomic mass is 10.2. The van der Waals surface area contributed by atoms with Crippen LogP contribution in [0.25, 0.3) is 11.3 Å². The van der Waals surface area contributed by atoms with Crippen molar-refractivity contribution in [2.45, 2.75) is 13.3 Å². The molecule has 2 aromatic heterocycles. The van der Waals surface area contributed by atoms with Gasteiger partial charge in [-0.25, -0.2) is 19.9 Å². The first kappa shape index (κ1) is 16.6. The van der Waals surface area contributed by atoms with E-state index in [9.17, 15) is 4.79 Å². The van der Waals surface area contributed by atoms with Crippen molar-refractivity contribution in [3.8, 4) is 11.3 Å². The van der Waals surface area contributed by atoms with Gasteiger partial charge in [0.15, 0.2) is 0 Å².